The number of nitrogens with one attached hydrogen (secondary N) is 5. The number of aliphatic hydroxyl groups is 1. The summed E-state index contributed by atoms with van der Waals surface area (Å²) in [4.78, 5) is 84.9. The second kappa shape index (κ2) is 46.9. The molecule has 1 fully saturated rings. The third-order valence-corrected chi connectivity index (χ3v) is 15.1. The number of aryl methyl sites for hydroxylation is 1. The Labute approximate surface area is 527 Å². The first-order chi connectivity index (χ1) is 42.8. The summed E-state index contributed by atoms with van der Waals surface area (Å²) in [7, 11) is -2.61. The van der Waals surface area contributed by atoms with Crippen molar-refractivity contribution in [2.75, 3.05) is 158 Å². The van der Waals surface area contributed by atoms with E-state index in [-0.39, 0.29) is 81.9 Å². The zero-order valence-electron chi connectivity index (χ0n) is 53.5. The van der Waals surface area contributed by atoms with E-state index in [0.29, 0.717) is 144 Å². The normalized spacial score (nSPS) is 15.0. The number of amides is 5. The van der Waals surface area contributed by atoms with Crippen LogP contribution in [-0.2, 0) is 98.5 Å². The molecule has 0 aromatic heterocycles. The number of methoxy groups -OCH3 is 1. The average molecular weight is 1280 g/mol. The first-order valence-electron chi connectivity index (χ1n) is 31.3. The largest absolute Gasteiger partial charge is 0.382 e. The molecule has 2 aromatic carbocycles. The fourth-order valence-electron chi connectivity index (χ4n) is 9.07. The van der Waals surface area contributed by atoms with Crippen LogP contribution in [0.25, 0.3) is 0 Å². The van der Waals surface area contributed by atoms with Gasteiger partial charge in [-0.15, -0.1) is 0 Å². The summed E-state index contributed by atoms with van der Waals surface area (Å²) in [5.74, 6) is -4.20. The molecule has 2 aromatic rings. The monoisotopic (exact) mass is 1280 g/mol. The molecule has 0 aliphatic carbocycles. The lowest BCUT2D eigenvalue weighted by Crippen LogP contribution is -2.60. The van der Waals surface area contributed by atoms with Gasteiger partial charge in [0.1, 0.15) is 30.3 Å². The highest BCUT2D eigenvalue weighted by atomic mass is 32.2. The van der Waals surface area contributed by atoms with Crippen molar-refractivity contribution >= 4 is 45.4 Å². The molecule has 3 rings (SSSR count). The number of carbonyl (C=O) groups excluding carboxylic acids is 6. The average Bonchev–Trinajstić information content (AvgIpc) is 2.02. The number of unbranched alkanes of at least 4 members (excludes halogenated alkanes) is 2. The van der Waals surface area contributed by atoms with Gasteiger partial charge in [0.2, 0.25) is 29.5 Å². The highest BCUT2D eigenvalue weighted by Crippen LogP contribution is 2.18. The quantitative estimate of drug-likeness (QED) is 0.0409. The summed E-state index contributed by atoms with van der Waals surface area (Å²) < 4.78 is 79.7. The second-order valence-corrected chi connectivity index (χ2v) is 24.5. The van der Waals surface area contributed by atoms with E-state index in [1.165, 1.54) is 0 Å². The van der Waals surface area contributed by atoms with Crippen molar-refractivity contribution in [2.45, 2.75) is 122 Å². The lowest BCUT2D eigenvalue weighted by Gasteiger charge is -2.30. The fraction of sp³-hybridized carbons (Fsp3) is 0.714. The molecule has 1 heterocycles. The molecule has 26 heteroatoms. The zero-order chi connectivity index (χ0) is 65.0. The molecule has 1 unspecified atom stereocenters. The van der Waals surface area contributed by atoms with Gasteiger partial charge in [0.25, 0.3) is 10.1 Å². The van der Waals surface area contributed by atoms with Crippen molar-refractivity contribution in [3.63, 3.8) is 0 Å². The third-order valence-electron chi connectivity index (χ3n) is 13.9. The Morgan fingerprint density at radius 2 is 1.03 bits per heavy atom. The maximum absolute atomic E-state index is 14.4. The summed E-state index contributed by atoms with van der Waals surface area (Å²) in [6.45, 7) is 16.7. The van der Waals surface area contributed by atoms with Gasteiger partial charge >= 0.3 is 0 Å². The molecule has 5 atom stereocenters. The lowest BCUT2D eigenvalue weighted by molar-refractivity contribution is -0.143. The number of nitrogens with zero attached hydrogens (tertiary/aromatic N) is 1. The number of Topliss-reactive ketones (excluding diaryl/α,β-unsaturated/α-hetero) is 1. The van der Waals surface area contributed by atoms with Gasteiger partial charge in [-0.05, 0) is 68.4 Å². The van der Waals surface area contributed by atoms with Crippen molar-refractivity contribution in [3.8, 4) is 0 Å². The van der Waals surface area contributed by atoms with Crippen LogP contribution in [0.5, 0.6) is 0 Å². The number of benzene rings is 2. The Bertz CT molecular complexity index is 2370. The molecule has 1 aliphatic rings. The SMILES string of the molecule is COCCOCCOCCOCCOCCOCCOCCOCCNC(=O)CCCCCS(=O)(=O)OCC(C)(O)C(=O)[C@H](CC(C)C)NC(=O)[C@H](Cc1ccccc1)NC(=O)[C@H](CC(C)C)NC(=O)[C@H](CCc1ccccc1)NC(=O)CN1CCOCC1. The fourth-order valence-corrected chi connectivity index (χ4v) is 10.2. The van der Waals surface area contributed by atoms with Crippen molar-refractivity contribution in [2.24, 2.45) is 11.8 Å². The van der Waals surface area contributed by atoms with E-state index < -0.39 is 75.8 Å². The first kappa shape index (κ1) is 78.2. The Morgan fingerprint density at radius 1 is 0.573 bits per heavy atom. The summed E-state index contributed by atoms with van der Waals surface area (Å²) >= 11 is 0. The van der Waals surface area contributed by atoms with E-state index >= 15 is 0 Å². The molecule has 0 bridgehead atoms. The van der Waals surface area contributed by atoms with Crippen LogP contribution in [0.3, 0.4) is 0 Å². The highest BCUT2D eigenvalue weighted by Gasteiger charge is 2.40. The maximum atomic E-state index is 14.4. The van der Waals surface area contributed by atoms with Crippen LogP contribution in [0.15, 0.2) is 60.7 Å². The van der Waals surface area contributed by atoms with Crippen LogP contribution in [0.1, 0.15) is 90.7 Å². The third kappa shape index (κ3) is 37.8. The second-order valence-electron chi connectivity index (χ2n) is 22.8. The van der Waals surface area contributed by atoms with Gasteiger partial charge < -0.3 is 74.3 Å². The predicted octanol–water partition coefficient (Wildman–Crippen LogP) is 2.33. The van der Waals surface area contributed by atoms with E-state index in [0.717, 1.165) is 12.5 Å². The van der Waals surface area contributed by atoms with Gasteiger partial charge in [-0.3, -0.25) is 37.9 Å². The van der Waals surface area contributed by atoms with Crippen LogP contribution < -0.4 is 26.6 Å². The molecule has 506 valence electrons. The molecule has 0 saturated carbocycles. The molecule has 6 N–H and O–H groups in total. The Kier molecular flexibility index (Phi) is 41.2. The van der Waals surface area contributed by atoms with Crippen LogP contribution >= 0.6 is 0 Å². The molecule has 89 heavy (non-hydrogen) atoms. The molecular formula is C63H104N6O19S. The standard InChI is InChI=1S/C63H104N6O19S/c1-49(2)44-54(59(72)63(5,76)48-88-89(77,78)43-15-9-14-20-57(70)64-23-26-80-31-32-83-35-36-85-39-40-87-42-41-86-38-37-84-34-33-82-30-29-79-6)66-62(75)56(46-52-18-12-8-13-19-52)68-61(74)55(45-50(3)4)67-60(73)53(22-21-51-16-10-7-11-17-51)65-58(71)47-69-24-27-81-28-25-69/h7-8,10-13,16-19,49-50,53-56,76H,9,14-15,20-48H2,1-6H3,(H,64,70)(H,65,71)(H,66,75)(H,67,73)(H,68,74)/t53-,54-,55-,56-,63?/m0/s1. The van der Waals surface area contributed by atoms with Crippen LogP contribution in [0.2, 0.25) is 0 Å². The minimum absolute atomic E-state index is 0.0175. The van der Waals surface area contributed by atoms with Gasteiger partial charge in [-0.25, -0.2) is 0 Å². The van der Waals surface area contributed by atoms with Crippen molar-refractivity contribution in [3.05, 3.63) is 71.8 Å². The minimum atomic E-state index is -4.24. The number of hydrogen-bond acceptors (Lipinski definition) is 20. The minimum Gasteiger partial charge on any atom is -0.382 e. The topological polar surface area (TPSA) is 312 Å². The summed E-state index contributed by atoms with van der Waals surface area (Å²) in [5.41, 5.74) is -0.746. The van der Waals surface area contributed by atoms with Gasteiger partial charge in [-0.1, -0.05) is 94.8 Å². The summed E-state index contributed by atoms with van der Waals surface area (Å²) in [6.07, 6.45) is 2.01. The molecule has 25 nitrogen and oxygen atoms in total. The number of rotatable bonds is 53. The van der Waals surface area contributed by atoms with Crippen LogP contribution in [-0.4, -0.2) is 241 Å². The zero-order valence-corrected chi connectivity index (χ0v) is 54.3. The van der Waals surface area contributed by atoms with E-state index in [2.05, 4.69) is 26.6 Å². The number of carbonyl (C=O) groups is 6. The van der Waals surface area contributed by atoms with Gasteiger partial charge in [-0.2, -0.15) is 8.42 Å². The smallest absolute Gasteiger partial charge is 0.267 e. The van der Waals surface area contributed by atoms with Crippen molar-refractivity contribution < 1.29 is 89.1 Å². The summed E-state index contributed by atoms with van der Waals surface area (Å²) in [6, 6.07) is 13.6. The summed E-state index contributed by atoms with van der Waals surface area (Å²) in [5, 5.41) is 25.6. The first-order valence-corrected chi connectivity index (χ1v) is 32.9. The number of hydrogen-bond donors (Lipinski definition) is 6. The van der Waals surface area contributed by atoms with E-state index in [1.54, 1.807) is 37.4 Å². The van der Waals surface area contributed by atoms with Gasteiger partial charge in [0.15, 0.2) is 5.78 Å². The van der Waals surface area contributed by atoms with Crippen molar-refractivity contribution in [1.82, 2.24) is 31.5 Å². The molecule has 0 spiro atoms. The number of ketones is 1. The predicted molar refractivity (Wildman–Crippen MR) is 333 cm³/mol. The van der Waals surface area contributed by atoms with E-state index in [9.17, 15) is 42.3 Å². The van der Waals surface area contributed by atoms with E-state index in [4.69, 9.17) is 46.8 Å². The van der Waals surface area contributed by atoms with E-state index in [1.807, 2.05) is 62.9 Å². The van der Waals surface area contributed by atoms with Gasteiger partial charge in [0, 0.05) is 39.6 Å². The number of morpholine rings is 1. The maximum Gasteiger partial charge on any atom is 0.267 e. The molecular weight excluding hydrogens is 1180 g/mol. The van der Waals surface area contributed by atoms with Crippen LogP contribution in [0, 0.1) is 11.8 Å². The van der Waals surface area contributed by atoms with Crippen molar-refractivity contribution in [1.29, 1.82) is 0 Å². The van der Waals surface area contributed by atoms with Crippen LogP contribution in [0.4, 0.5) is 0 Å². The molecule has 0 radical (unpaired) electrons. The number of ether oxygens (including phenoxy) is 9. The Balaban J connectivity index is 1.42. The Morgan fingerprint density at radius 3 is 1.56 bits per heavy atom. The highest BCUT2D eigenvalue weighted by molar-refractivity contribution is 7.86. The van der Waals surface area contributed by atoms with Gasteiger partial charge in [0.05, 0.1) is 131 Å². The molecule has 5 amide bonds. The molecule has 1 aliphatic heterocycles. The molecule has 1 saturated heterocycles. The lowest BCUT2D eigenvalue weighted by atomic mass is 9.90. The Hall–Kier alpha value is -5.07.